The number of hydrogen-bond donors (Lipinski definition) is 1. The van der Waals surface area contributed by atoms with Crippen molar-refractivity contribution in [3.63, 3.8) is 0 Å². The summed E-state index contributed by atoms with van der Waals surface area (Å²) in [6.07, 6.45) is 5.06. The molecule has 3 aromatic rings. The van der Waals surface area contributed by atoms with Crippen molar-refractivity contribution >= 4 is 23.1 Å². The van der Waals surface area contributed by atoms with Crippen LogP contribution >= 0.6 is 0 Å². The van der Waals surface area contributed by atoms with E-state index < -0.39 is 0 Å². The second-order valence-electron chi connectivity index (χ2n) is 9.99. The van der Waals surface area contributed by atoms with Crippen molar-refractivity contribution in [2.24, 2.45) is 0 Å². The molecule has 3 saturated heterocycles. The van der Waals surface area contributed by atoms with Crippen LogP contribution in [-0.2, 0) is 4.74 Å². The highest BCUT2D eigenvalue weighted by Crippen LogP contribution is 2.36. The Morgan fingerprint density at radius 3 is 2.49 bits per heavy atom. The number of anilines is 4. The molecule has 2 bridgehead atoms. The fraction of sp³-hybridized carbons (Fsp3) is 0.444. The van der Waals surface area contributed by atoms with E-state index in [0.717, 1.165) is 67.7 Å². The highest BCUT2D eigenvalue weighted by Gasteiger charge is 2.41. The van der Waals surface area contributed by atoms with E-state index in [2.05, 4.69) is 69.3 Å². The number of likely N-dealkylation sites (tertiary alicyclic amines) is 1. The summed E-state index contributed by atoms with van der Waals surface area (Å²) in [6.45, 7) is 9.77. The van der Waals surface area contributed by atoms with E-state index in [0.29, 0.717) is 18.0 Å². The van der Waals surface area contributed by atoms with E-state index >= 15 is 0 Å². The fourth-order valence-electron chi connectivity index (χ4n) is 5.65. The molecule has 6 rings (SSSR count). The Bertz CT molecular complexity index is 1210. The van der Waals surface area contributed by atoms with Crippen LogP contribution in [0.4, 0.5) is 23.1 Å². The number of hydrogen-bond acceptors (Lipinski definition) is 8. The first-order valence-electron chi connectivity index (χ1n) is 12.5. The first-order chi connectivity index (χ1) is 17.0. The van der Waals surface area contributed by atoms with Gasteiger partial charge in [0.1, 0.15) is 5.82 Å². The van der Waals surface area contributed by atoms with Gasteiger partial charge >= 0.3 is 0 Å². The van der Waals surface area contributed by atoms with Crippen LogP contribution in [0.3, 0.4) is 0 Å². The summed E-state index contributed by atoms with van der Waals surface area (Å²) in [7, 11) is 2.24. The molecule has 2 atom stereocenters. The normalized spacial score (nSPS) is 22.1. The van der Waals surface area contributed by atoms with Gasteiger partial charge in [-0.3, -0.25) is 4.90 Å². The van der Waals surface area contributed by atoms with Crippen molar-refractivity contribution < 1.29 is 4.74 Å². The van der Waals surface area contributed by atoms with Gasteiger partial charge in [-0.15, -0.1) is 0 Å². The Kier molecular flexibility index (Phi) is 5.78. The summed E-state index contributed by atoms with van der Waals surface area (Å²) >= 11 is 0. The zero-order valence-electron chi connectivity index (χ0n) is 20.7. The van der Waals surface area contributed by atoms with Gasteiger partial charge in [0.2, 0.25) is 5.95 Å². The van der Waals surface area contributed by atoms with Gasteiger partial charge in [0.05, 0.1) is 18.9 Å². The van der Waals surface area contributed by atoms with E-state index in [1.54, 1.807) is 0 Å². The summed E-state index contributed by atoms with van der Waals surface area (Å²) in [6, 6.07) is 12.1. The number of likely N-dealkylation sites (N-methyl/N-ethyl adjacent to an activating group) is 1. The van der Waals surface area contributed by atoms with Gasteiger partial charge < -0.3 is 19.9 Å². The first-order valence-corrected chi connectivity index (χ1v) is 12.5. The van der Waals surface area contributed by atoms with Crippen LogP contribution in [0.25, 0.3) is 11.3 Å². The lowest BCUT2D eigenvalue weighted by atomic mass is 10.1. The molecular formula is C27H33N7O. The quantitative estimate of drug-likeness (QED) is 0.605. The lowest BCUT2D eigenvalue weighted by Gasteiger charge is -2.34. The Morgan fingerprint density at radius 1 is 0.943 bits per heavy atom. The van der Waals surface area contributed by atoms with Crippen molar-refractivity contribution in [2.75, 3.05) is 61.6 Å². The number of morpholine rings is 1. The fourth-order valence-corrected chi connectivity index (χ4v) is 5.65. The lowest BCUT2D eigenvalue weighted by molar-refractivity contribution is 0.122. The Hall–Kier alpha value is -3.23. The Labute approximate surface area is 207 Å². The predicted molar refractivity (Wildman–Crippen MR) is 140 cm³/mol. The molecule has 0 amide bonds. The van der Waals surface area contributed by atoms with Crippen molar-refractivity contribution in [3.05, 3.63) is 53.9 Å². The molecule has 8 heteroatoms. The third-order valence-corrected chi connectivity index (χ3v) is 7.60. The third-order valence-electron chi connectivity index (χ3n) is 7.60. The molecule has 1 aromatic carbocycles. The van der Waals surface area contributed by atoms with Gasteiger partial charge in [0, 0.05) is 67.6 Å². The standard InChI is InChI=1S/C27H33N7O/c1-18-12-21(5-6-24(18)34-17-22-13-23(34)16-32(22)3)30-27-29-14-19(2)26(31-27)20-4-7-25(28-15-20)33-8-10-35-11-9-33/h4-7,12,14-15,22-23H,8-11,13,16-17H2,1-3H3,(H,29,30,31)/t22-,23-/m0/s1. The topological polar surface area (TPSA) is 69.6 Å². The predicted octanol–water partition coefficient (Wildman–Crippen LogP) is 3.63. The van der Waals surface area contributed by atoms with Crippen molar-refractivity contribution in [3.8, 4) is 11.3 Å². The number of nitrogens with one attached hydrogen (secondary N) is 1. The van der Waals surface area contributed by atoms with Gasteiger partial charge in [-0.05, 0) is 68.8 Å². The zero-order chi connectivity index (χ0) is 23.9. The molecule has 0 radical (unpaired) electrons. The minimum Gasteiger partial charge on any atom is -0.378 e. The maximum absolute atomic E-state index is 5.45. The molecular weight excluding hydrogens is 438 g/mol. The van der Waals surface area contributed by atoms with Gasteiger partial charge in [-0.25, -0.2) is 15.0 Å². The SMILES string of the molecule is Cc1cc(Nc2ncc(C)c(-c3ccc(N4CCOCC4)nc3)n2)ccc1N1C[C@@H]2C[C@H]1CN2C. The molecule has 1 N–H and O–H groups in total. The zero-order valence-corrected chi connectivity index (χ0v) is 20.7. The first kappa shape index (κ1) is 22.2. The largest absolute Gasteiger partial charge is 0.378 e. The van der Waals surface area contributed by atoms with Crippen LogP contribution in [0.5, 0.6) is 0 Å². The number of aryl methyl sites for hydroxylation is 2. The molecule has 0 unspecified atom stereocenters. The molecule has 3 aliphatic rings. The summed E-state index contributed by atoms with van der Waals surface area (Å²) in [5.41, 5.74) is 6.54. The molecule has 2 aromatic heterocycles. The number of rotatable bonds is 5. The molecule has 3 aliphatic heterocycles. The van der Waals surface area contributed by atoms with Crippen molar-refractivity contribution in [2.45, 2.75) is 32.4 Å². The molecule has 182 valence electrons. The highest BCUT2D eigenvalue weighted by atomic mass is 16.5. The average Bonchev–Trinajstić information content (AvgIpc) is 3.46. The molecule has 8 nitrogen and oxygen atoms in total. The number of nitrogens with zero attached hydrogens (tertiary/aromatic N) is 6. The van der Waals surface area contributed by atoms with Gasteiger partial charge in [-0.2, -0.15) is 0 Å². The molecule has 0 aliphatic carbocycles. The number of fused-ring (bicyclic) bond motifs is 2. The monoisotopic (exact) mass is 471 g/mol. The molecule has 35 heavy (non-hydrogen) atoms. The molecule has 3 fully saturated rings. The lowest BCUT2D eigenvalue weighted by Crippen LogP contribution is -2.44. The van der Waals surface area contributed by atoms with Crippen LogP contribution in [0.1, 0.15) is 17.5 Å². The smallest absolute Gasteiger partial charge is 0.227 e. The van der Waals surface area contributed by atoms with Crippen LogP contribution in [0.2, 0.25) is 0 Å². The van der Waals surface area contributed by atoms with E-state index in [1.807, 2.05) is 19.3 Å². The number of benzene rings is 1. The van der Waals surface area contributed by atoms with E-state index in [9.17, 15) is 0 Å². The maximum atomic E-state index is 5.45. The number of pyridine rings is 1. The number of aromatic nitrogens is 3. The number of piperazine rings is 1. The van der Waals surface area contributed by atoms with E-state index in [-0.39, 0.29) is 0 Å². The summed E-state index contributed by atoms with van der Waals surface area (Å²) in [5, 5.41) is 3.41. The van der Waals surface area contributed by atoms with E-state index in [1.165, 1.54) is 17.7 Å². The van der Waals surface area contributed by atoms with Crippen LogP contribution < -0.4 is 15.1 Å². The Balaban J connectivity index is 1.19. The second kappa shape index (κ2) is 9.09. The molecule has 0 spiro atoms. The maximum Gasteiger partial charge on any atom is 0.227 e. The van der Waals surface area contributed by atoms with Crippen LogP contribution in [0.15, 0.2) is 42.7 Å². The van der Waals surface area contributed by atoms with Crippen LogP contribution in [-0.4, -0.2) is 78.4 Å². The summed E-state index contributed by atoms with van der Waals surface area (Å²) in [5.74, 6) is 1.58. The van der Waals surface area contributed by atoms with Crippen molar-refractivity contribution in [1.29, 1.82) is 0 Å². The van der Waals surface area contributed by atoms with Crippen molar-refractivity contribution in [1.82, 2.24) is 19.9 Å². The second-order valence-corrected chi connectivity index (χ2v) is 9.99. The van der Waals surface area contributed by atoms with Crippen LogP contribution in [0, 0.1) is 13.8 Å². The van der Waals surface area contributed by atoms with Gasteiger partial charge in [0.15, 0.2) is 0 Å². The molecule has 0 saturated carbocycles. The third kappa shape index (κ3) is 4.32. The van der Waals surface area contributed by atoms with Gasteiger partial charge in [0.25, 0.3) is 0 Å². The van der Waals surface area contributed by atoms with Gasteiger partial charge in [-0.1, -0.05) is 0 Å². The minimum atomic E-state index is 0.594. The Morgan fingerprint density at radius 2 is 1.80 bits per heavy atom. The average molecular weight is 472 g/mol. The summed E-state index contributed by atoms with van der Waals surface area (Å²) < 4.78 is 5.45. The summed E-state index contributed by atoms with van der Waals surface area (Å²) in [4.78, 5) is 21.4. The van der Waals surface area contributed by atoms with E-state index in [4.69, 9.17) is 14.7 Å². The highest BCUT2D eigenvalue weighted by molar-refractivity contribution is 5.68. The molecule has 5 heterocycles. The minimum absolute atomic E-state index is 0.594. The number of ether oxygens (including phenoxy) is 1.